The van der Waals surface area contributed by atoms with Crippen LogP contribution in [-0.2, 0) is 0 Å². The number of ether oxygens (including phenoxy) is 1. The van der Waals surface area contributed by atoms with Gasteiger partial charge in [0, 0.05) is 15.4 Å². The van der Waals surface area contributed by atoms with Gasteiger partial charge < -0.3 is 10.5 Å². The van der Waals surface area contributed by atoms with Gasteiger partial charge in [-0.25, -0.2) is 0 Å². The van der Waals surface area contributed by atoms with Crippen molar-refractivity contribution in [3.63, 3.8) is 0 Å². The third-order valence-corrected chi connectivity index (χ3v) is 4.28. The van der Waals surface area contributed by atoms with E-state index in [1.807, 2.05) is 36.6 Å². The molecule has 0 saturated carbocycles. The van der Waals surface area contributed by atoms with E-state index < -0.39 is 0 Å². The Bertz CT molecular complexity index is 498. The first-order valence-electron chi connectivity index (χ1n) is 5.43. The highest BCUT2D eigenvalue weighted by Gasteiger charge is 2.16. The number of hydrogen-bond donors (Lipinski definition) is 1. The molecule has 0 spiro atoms. The predicted octanol–water partition coefficient (Wildman–Crippen LogP) is 3.96. The van der Waals surface area contributed by atoms with Crippen molar-refractivity contribution in [2.45, 2.75) is 13.0 Å². The quantitative estimate of drug-likeness (QED) is 0.927. The van der Waals surface area contributed by atoms with Crippen LogP contribution < -0.4 is 10.5 Å². The molecule has 0 aliphatic carbocycles. The lowest BCUT2D eigenvalue weighted by Crippen LogP contribution is -2.13. The fourth-order valence-electron chi connectivity index (χ4n) is 1.71. The largest absolute Gasteiger partial charge is 0.494 e. The summed E-state index contributed by atoms with van der Waals surface area (Å²) < 4.78 is 6.66. The molecule has 1 atom stereocenters. The van der Waals surface area contributed by atoms with Crippen LogP contribution in [0.25, 0.3) is 0 Å². The second kappa shape index (κ2) is 5.67. The molecule has 4 heteroatoms. The maximum atomic E-state index is 6.29. The molecule has 1 aromatic carbocycles. The van der Waals surface area contributed by atoms with Gasteiger partial charge in [0.05, 0.1) is 12.6 Å². The van der Waals surface area contributed by atoms with E-state index in [0.717, 1.165) is 21.3 Å². The van der Waals surface area contributed by atoms with Gasteiger partial charge in [-0.1, -0.05) is 18.2 Å². The summed E-state index contributed by atoms with van der Waals surface area (Å²) in [5, 5.41) is 4.11. The van der Waals surface area contributed by atoms with E-state index >= 15 is 0 Å². The molecule has 17 heavy (non-hydrogen) atoms. The molecule has 0 aliphatic rings. The van der Waals surface area contributed by atoms with Gasteiger partial charge in [0.25, 0.3) is 0 Å². The lowest BCUT2D eigenvalue weighted by molar-refractivity contribution is 0.335. The predicted molar refractivity (Wildman–Crippen MR) is 75.7 cm³/mol. The van der Waals surface area contributed by atoms with Gasteiger partial charge in [0.2, 0.25) is 0 Å². The molecule has 2 rings (SSSR count). The van der Waals surface area contributed by atoms with Gasteiger partial charge in [-0.2, -0.15) is 11.3 Å². The summed E-state index contributed by atoms with van der Waals surface area (Å²) in [7, 11) is 0. The molecular weight excluding hydrogens is 298 g/mol. The first-order chi connectivity index (χ1) is 8.24. The van der Waals surface area contributed by atoms with Crippen LogP contribution in [0.3, 0.4) is 0 Å². The van der Waals surface area contributed by atoms with Gasteiger partial charge in [-0.3, -0.25) is 0 Å². The van der Waals surface area contributed by atoms with Crippen molar-refractivity contribution < 1.29 is 4.74 Å². The molecule has 1 heterocycles. The zero-order chi connectivity index (χ0) is 12.3. The fraction of sp³-hybridized carbons (Fsp3) is 0.231. The van der Waals surface area contributed by atoms with E-state index in [2.05, 4.69) is 21.3 Å². The average Bonchev–Trinajstić information content (AvgIpc) is 2.76. The van der Waals surface area contributed by atoms with Crippen LogP contribution in [0, 0.1) is 0 Å². The van der Waals surface area contributed by atoms with E-state index in [9.17, 15) is 0 Å². The Morgan fingerprint density at radius 1 is 1.29 bits per heavy atom. The summed E-state index contributed by atoms with van der Waals surface area (Å²) in [6, 6.07) is 7.76. The summed E-state index contributed by atoms with van der Waals surface area (Å²) >= 11 is 5.16. The Labute approximate surface area is 114 Å². The first-order valence-corrected chi connectivity index (χ1v) is 7.16. The molecule has 1 aromatic heterocycles. The number of para-hydroxylation sites is 1. The van der Waals surface area contributed by atoms with Gasteiger partial charge in [0.15, 0.2) is 0 Å². The van der Waals surface area contributed by atoms with Gasteiger partial charge in [0.1, 0.15) is 5.75 Å². The third-order valence-electron chi connectivity index (χ3n) is 2.53. The summed E-state index contributed by atoms with van der Waals surface area (Å²) in [6.07, 6.45) is 0. The van der Waals surface area contributed by atoms with E-state index in [1.54, 1.807) is 11.3 Å². The highest BCUT2D eigenvalue weighted by molar-refractivity contribution is 9.10. The molecule has 90 valence electrons. The molecule has 2 nitrogen and oxygen atoms in total. The summed E-state index contributed by atoms with van der Waals surface area (Å²) in [5.41, 5.74) is 8.41. The Kier molecular flexibility index (Phi) is 4.20. The molecule has 2 aromatic rings. The molecular formula is C13H14BrNOS. The zero-order valence-corrected chi connectivity index (χ0v) is 11.9. The molecule has 2 N–H and O–H groups in total. The molecule has 0 saturated heterocycles. The second-order valence-electron chi connectivity index (χ2n) is 3.62. The van der Waals surface area contributed by atoms with Crippen LogP contribution in [0.2, 0.25) is 0 Å². The monoisotopic (exact) mass is 311 g/mol. The molecule has 0 aliphatic heterocycles. The lowest BCUT2D eigenvalue weighted by atomic mass is 10.0. The van der Waals surface area contributed by atoms with Crippen molar-refractivity contribution in [2.24, 2.45) is 5.73 Å². The molecule has 0 amide bonds. The number of thiophene rings is 1. The molecule has 0 bridgehead atoms. The number of hydrogen-bond acceptors (Lipinski definition) is 3. The topological polar surface area (TPSA) is 35.2 Å². The maximum absolute atomic E-state index is 6.29. The average molecular weight is 312 g/mol. The van der Waals surface area contributed by atoms with Crippen LogP contribution in [0.4, 0.5) is 0 Å². The zero-order valence-electron chi connectivity index (χ0n) is 9.52. The minimum Gasteiger partial charge on any atom is -0.494 e. The number of halogens is 1. The number of rotatable bonds is 4. The maximum Gasteiger partial charge on any atom is 0.124 e. The van der Waals surface area contributed by atoms with E-state index in [0.29, 0.717) is 6.61 Å². The van der Waals surface area contributed by atoms with Crippen molar-refractivity contribution in [1.82, 2.24) is 0 Å². The van der Waals surface area contributed by atoms with E-state index in [1.165, 1.54) is 0 Å². The highest BCUT2D eigenvalue weighted by Crippen LogP contribution is 2.33. The molecule has 0 radical (unpaired) electrons. The van der Waals surface area contributed by atoms with E-state index in [-0.39, 0.29) is 6.04 Å². The van der Waals surface area contributed by atoms with Crippen molar-refractivity contribution in [3.05, 3.63) is 50.6 Å². The number of nitrogens with two attached hydrogens (primary N) is 1. The van der Waals surface area contributed by atoms with Gasteiger partial charge in [-0.15, -0.1) is 0 Å². The van der Waals surface area contributed by atoms with Crippen LogP contribution >= 0.6 is 27.3 Å². The second-order valence-corrected chi connectivity index (χ2v) is 5.22. The standard InChI is InChI=1S/C13H14BrNOS/c1-2-16-12-6-4-3-5-9(12)13(15)10-7-17-8-11(10)14/h3-8,13H,2,15H2,1H3. The summed E-state index contributed by atoms with van der Waals surface area (Å²) in [5.74, 6) is 0.862. The van der Waals surface area contributed by atoms with Crippen LogP contribution in [0.1, 0.15) is 24.1 Å². The fourth-order valence-corrected chi connectivity index (χ4v) is 3.29. The van der Waals surface area contributed by atoms with Crippen molar-refractivity contribution >= 4 is 27.3 Å². The lowest BCUT2D eigenvalue weighted by Gasteiger charge is -2.16. The Morgan fingerprint density at radius 2 is 2.06 bits per heavy atom. The smallest absolute Gasteiger partial charge is 0.124 e. The number of benzene rings is 1. The van der Waals surface area contributed by atoms with Crippen LogP contribution in [0.15, 0.2) is 39.5 Å². The summed E-state index contributed by atoms with van der Waals surface area (Å²) in [4.78, 5) is 0. The summed E-state index contributed by atoms with van der Waals surface area (Å²) in [6.45, 7) is 2.62. The Morgan fingerprint density at radius 3 is 2.71 bits per heavy atom. The van der Waals surface area contributed by atoms with Crippen molar-refractivity contribution in [3.8, 4) is 5.75 Å². The van der Waals surface area contributed by atoms with Crippen molar-refractivity contribution in [1.29, 1.82) is 0 Å². The molecule has 0 fully saturated rings. The third kappa shape index (κ3) is 2.70. The molecule has 1 unspecified atom stereocenters. The minimum atomic E-state index is -0.154. The first kappa shape index (κ1) is 12.6. The van der Waals surface area contributed by atoms with Crippen LogP contribution in [0.5, 0.6) is 5.75 Å². The van der Waals surface area contributed by atoms with Gasteiger partial charge >= 0.3 is 0 Å². The Hall–Kier alpha value is -0.840. The normalized spacial score (nSPS) is 12.4. The minimum absolute atomic E-state index is 0.154. The van der Waals surface area contributed by atoms with E-state index in [4.69, 9.17) is 10.5 Å². The van der Waals surface area contributed by atoms with Crippen molar-refractivity contribution in [2.75, 3.05) is 6.61 Å². The van der Waals surface area contributed by atoms with Crippen LogP contribution in [-0.4, -0.2) is 6.61 Å². The van der Waals surface area contributed by atoms with Gasteiger partial charge in [-0.05, 0) is 39.9 Å². The highest BCUT2D eigenvalue weighted by atomic mass is 79.9. The SMILES string of the molecule is CCOc1ccccc1C(N)c1cscc1Br. The Balaban J connectivity index is 2.37.